The van der Waals surface area contributed by atoms with E-state index in [1.807, 2.05) is 6.20 Å². The molecule has 3 aromatic rings. The van der Waals surface area contributed by atoms with Gasteiger partial charge in [-0.2, -0.15) is 0 Å². The highest BCUT2D eigenvalue weighted by atomic mass is 35.5. The lowest BCUT2D eigenvalue weighted by atomic mass is 9.90. The summed E-state index contributed by atoms with van der Waals surface area (Å²) in [4.78, 5) is 7.38. The smallest absolute Gasteiger partial charge is 0.153 e. The van der Waals surface area contributed by atoms with Crippen molar-refractivity contribution < 1.29 is 0 Å². The van der Waals surface area contributed by atoms with E-state index in [0.717, 1.165) is 25.6 Å². The first-order valence-electron chi connectivity index (χ1n) is 10.9. The minimum atomic E-state index is 0. The van der Waals surface area contributed by atoms with E-state index < -0.39 is 0 Å². The van der Waals surface area contributed by atoms with Crippen LogP contribution in [0.15, 0.2) is 54.2 Å². The Hall–Kier alpha value is -2.26. The zero-order chi connectivity index (χ0) is 20.4. The first-order valence-corrected chi connectivity index (χ1v) is 10.9. The molecule has 4 rings (SSSR count). The fraction of sp³-hybridized carbons (Fsp3) is 0.423. The molecule has 0 saturated carbocycles. The Morgan fingerprint density at radius 1 is 1.07 bits per heavy atom. The van der Waals surface area contributed by atoms with Gasteiger partial charge in [-0.15, -0.1) is 12.4 Å². The van der Waals surface area contributed by atoms with Crippen molar-refractivity contribution in [3.8, 4) is 0 Å². The van der Waals surface area contributed by atoms with Gasteiger partial charge in [-0.1, -0.05) is 42.0 Å². The number of pyridine rings is 1. The van der Waals surface area contributed by atoms with E-state index in [2.05, 4.69) is 79.6 Å². The van der Waals surface area contributed by atoms with Crippen LogP contribution in [0.4, 0.5) is 5.82 Å². The quantitative estimate of drug-likeness (QED) is 0.436. The zero-order valence-electron chi connectivity index (χ0n) is 18.7. The molecular weight excluding hydrogens is 390 g/mol. The number of halogens is 1. The number of benzene rings is 1. The van der Waals surface area contributed by atoms with Crippen LogP contribution in [0, 0.1) is 19.8 Å². The van der Waals surface area contributed by atoms with E-state index in [9.17, 15) is 0 Å². The molecule has 3 heterocycles. The largest absolute Gasteiger partial charge is 0.355 e. The molecule has 3 nitrogen and oxygen atoms in total. The summed E-state index contributed by atoms with van der Waals surface area (Å²) in [6, 6.07) is 13.1. The van der Waals surface area contributed by atoms with Crippen molar-refractivity contribution in [3.63, 3.8) is 0 Å². The highest BCUT2D eigenvalue weighted by molar-refractivity contribution is 5.93. The fourth-order valence-corrected chi connectivity index (χ4v) is 4.61. The molecule has 1 fully saturated rings. The van der Waals surface area contributed by atoms with E-state index >= 15 is 0 Å². The number of rotatable bonds is 5. The highest BCUT2D eigenvalue weighted by Gasteiger charge is 2.24. The fourth-order valence-electron chi connectivity index (χ4n) is 4.61. The van der Waals surface area contributed by atoms with Crippen molar-refractivity contribution in [1.82, 2.24) is 9.55 Å². The lowest BCUT2D eigenvalue weighted by molar-refractivity contribution is 0.402. The van der Waals surface area contributed by atoms with E-state index in [1.165, 1.54) is 58.4 Å². The van der Waals surface area contributed by atoms with Gasteiger partial charge in [0.15, 0.2) is 5.82 Å². The number of anilines is 1. The van der Waals surface area contributed by atoms with Crippen LogP contribution in [0.2, 0.25) is 0 Å². The van der Waals surface area contributed by atoms with Gasteiger partial charge in [0.2, 0.25) is 0 Å². The van der Waals surface area contributed by atoms with Crippen LogP contribution in [-0.4, -0.2) is 22.6 Å². The number of aromatic nitrogens is 2. The molecule has 0 aliphatic carbocycles. The Morgan fingerprint density at radius 3 is 2.43 bits per heavy atom. The van der Waals surface area contributed by atoms with Crippen LogP contribution in [-0.2, 0) is 13.0 Å². The summed E-state index contributed by atoms with van der Waals surface area (Å²) in [5, 5.41) is 1.35. The van der Waals surface area contributed by atoms with Gasteiger partial charge in [0.25, 0.3) is 0 Å². The van der Waals surface area contributed by atoms with Crippen molar-refractivity contribution in [1.29, 1.82) is 0 Å². The Kier molecular flexibility index (Phi) is 7.25. The van der Waals surface area contributed by atoms with Gasteiger partial charge in [0, 0.05) is 36.9 Å². The SMILES string of the molecule is CC(C)=CCn1c(C)c(C)c2ccnc(N3CCC(Cc4ccccc4)CC3)c21.Cl. The summed E-state index contributed by atoms with van der Waals surface area (Å²) in [7, 11) is 0. The summed E-state index contributed by atoms with van der Waals surface area (Å²) < 4.78 is 2.45. The number of aryl methyl sites for hydroxylation is 1. The first kappa shape index (κ1) is 22.4. The molecule has 4 heteroatoms. The highest BCUT2D eigenvalue weighted by Crippen LogP contribution is 2.34. The normalized spacial score (nSPS) is 14.6. The van der Waals surface area contributed by atoms with Gasteiger partial charge in [0.05, 0.1) is 5.52 Å². The molecule has 0 bridgehead atoms. The molecule has 0 amide bonds. The standard InChI is InChI=1S/C26H33N3.ClH/c1-19(2)11-17-29-21(4)20(3)24-10-14-27-26(25(24)29)28-15-12-23(13-16-28)18-22-8-6-5-7-9-22;/h5-11,14,23H,12-13,15-18H2,1-4H3;1H. The molecule has 1 saturated heterocycles. The van der Waals surface area contributed by atoms with Crippen LogP contribution >= 0.6 is 12.4 Å². The predicted octanol–water partition coefficient (Wildman–Crippen LogP) is 6.50. The van der Waals surface area contributed by atoms with Crippen LogP contribution in [0.3, 0.4) is 0 Å². The minimum Gasteiger partial charge on any atom is -0.355 e. The maximum atomic E-state index is 4.87. The van der Waals surface area contributed by atoms with Crippen molar-refractivity contribution in [2.24, 2.45) is 5.92 Å². The summed E-state index contributed by atoms with van der Waals surface area (Å²) in [5.74, 6) is 1.94. The third-order valence-corrected chi connectivity index (χ3v) is 6.49. The van der Waals surface area contributed by atoms with E-state index in [-0.39, 0.29) is 12.4 Å². The van der Waals surface area contributed by atoms with Crippen molar-refractivity contribution in [2.75, 3.05) is 18.0 Å². The minimum absolute atomic E-state index is 0. The molecule has 160 valence electrons. The molecule has 0 unspecified atom stereocenters. The average Bonchev–Trinajstić information content (AvgIpc) is 2.98. The van der Waals surface area contributed by atoms with E-state index in [4.69, 9.17) is 4.98 Å². The molecule has 0 N–H and O–H groups in total. The van der Waals surface area contributed by atoms with Crippen LogP contribution < -0.4 is 4.90 Å². The van der Waals surface area contributed by atoms with Gasteiger partial charge in [-0.3, -0.25) is 0 Å². The average molecular weight is 424 g/mol. The van der Waals surface area contributed by atoms with Gasteiger partial charge >= 0.3 is 0 Å². The summed E-state index contributed by atoms with van der Waals surface area (Å²) in [5.41, 5.74) is 6.86. The second-order valence-corrected chi connectivity index (χ2v) is 8.75. The number of hydrogen-bond donors (Lipinski definition) is 0. The third-order valence-electron chi connectivity index (χ3n) is 6.49. The van der Waals surface area contributed by atoms with Gasteiger partial charge in [-0.25, -0.2) is 4.98 Å². The molecule has 0 spiro atoms. The summed E-state index contributed by atoms with van der Waals surface area (Å²) >= 11 is 0. The van der Waals surface area contributed by atoms with E-state index in [0.29, 0.717) is 0 Å². The van der Waals surface area contributed by atoms with Gasteiger partial charge in [-0.05, 0) is 70.1 Å². The van der Waals surface area contributed by atoms with Crippen LogP contribution in [0.1, 0.15) is 43.5 Å². The number of fused-ring (bicyclic) bond motifs is 1. The maximum absolute atomic E-state index is 4.87. The molecule has 0 atom stereocenters. The van der Waals surface area contributed by atoms with Gasteiger partial charge < -0.3 is 9.47 Å². The molecule has 2 aromatic heterocycles. The predicted molar refractivity (Wildman–Crippen MR) is 131 cm³/mol. The molecule has 1 aliphatic rings. The molecular formula is C26H34ClN3. The molecule has 1 aliphatic heterocycles. The lowest BCUT2D eigenvalue weighted by Crippen LogP contribution is -2.35. The van der Waals surface area contributed by atoms with Crippen LogP contribution in [0.5, 0.6) is 0 Å². The number of nitrogens with zero attached hydrogens (tertiary/aromatic N) is 3. The lowest BCUT2D eigenvalue weighted by Gasteiger charge is -2.33. The third kappa shape index (κ3) is 4.57. The number of allylic oxidation sites excluding steroid dienone is 2. The summed E-state index contributed by atoms with van der Waals surface area (Å²) in [6.07, 6.45) is 7.97. The van der Waals surface area contributed by atoms with Gasteiger partial charge in [0.1, 0.15) is 0 Å². The molecule has 1 aromatic carbocycles. The van der Waals surface area contributed by atoms with Crippen molar-refractivity contribution >= 4 is 29.1 Å². The number of hydrogen-bond acceptors (Lipinski definition) is 2. The zero-order valence-corrected chi connectivity index (χ0v) is 19.5. The Labute approximate surface area is 187 Å². The van der Waals surface area contributed by atoms with E-state index in [1.54, 1.807) is 0 Å². The summed E-state index contributed by atoms with van der Waals surface area (Å²) in [6.45, 7) is 11.9. The van der Waals surface area contributed by atoms with Crippen molar-refractivity contribution in [3.05, 3.63) is 71.1 Å². The molecule has 30 heavy (non-hydrogen) atoms. The molecule has 0 radical (unpaired) electrons. The maximum Gasteiger partial charge on any atom is 0.153 e. The van der Waals surface area contributed by atoms with Crippen molar-refractivity contribution in [2.45, 2.75) is 53.5 Å². The van der Waals surface area contributed by atoms with Crippen LogP contribution in [0.25, 0.3) is 10.9 Å². The first-order chi connectivity index (χ1) is 14.0. The number of piperidine rings is 1. The Morgan fingerprint density at radius 2 is 1.77 bits per heavy atom. The Bertz CT molecular complexity index is 1010. The second-order valence-electron chi connectivity index (χ2n) is 8.75. The second kappa shape index (κ2) is 9.70. The monoisotopic (exact) mass is 423 g/mol. The Balaban J connectivity index is 0.00000256. The topological polar surface area (TPSA) is 21.1 Å².